The third-order valence-corrected chi connectivity index (χ3v) is 2.79. The number of nitriles is 1. The number of rotatable bonds is 6. The van der Waals surface area contributed by atoms with E-state index >= 15 is 0 Å². The van der Waals surface area contributed by atoms with Crippen molar-refractivity contribution in [3.05, 3.63) is 22.5 Å². The highest BCUT2D eigenvalue weighted by Crippen LogP contribution is 2.19. The number of unbranched alkanes of at least 4 members (excludes halogenated alkanes) is 1. The molecule has 1 aromatic rings. The van der Waals surface area contributed by atoms with Gasteiger partial charge in [-0.15, -0.1) is 0 Å². The molecule has 6 nitrogen and oxygen atoms in total. The second kappa shape index (κ2) is 7.34. The maximum atomic E-state index is 11.9. The molecule has 6 heteroatoms. The first kappa shape index (κ1) is 15.8. The van der Waals surface area contributed by atoms with Crippen molar-refractivity contribution in [2.75, 3.05) is 13.2 Å². The average molecular weight is 278 g/mol. The second-order valence-electron chi connectivity index (χ2n) is 4.24. The van der Waals surface area contributed by atoms with Gasteiger partial charge in [-0.1, -0.05) is 0 Å². The van der Waals surface area contributed by atoms with Gasteiger partial charge in [-0.25, -0.2) is 9.59 Å². The average Bonchev–Trinajstić information content (AvgIpc) is 2.70. The van der Waals surface area contributed by atoms with Crippen LogP contribution >= 0.6 is 0 Å². The first-order valence-corrected chi connectivity index (χ1v) is 6.43. The number of nitrogens with one attached hydrogen (secondary N) is 1. The predicted octanol–water partition coefficient (Wildman–Crippen LogP) is 2.27. The number of esters is 2. The molecule has 108 valence electrons. The van der Waals surface area contributed by atoms with Gasteiger partial charge < -0.3 is 14.5 Å². The molecule has 0 radical (unpaired) electrons. The maximum absolute atomic E-state index is 11.9. The topological polar surface area (TPSA) is 92.2 Å². The molecule has 0 aromatic carbocycles. The summed E-state index contributed by atoms with van der Waals surface area (Å²) in [6.07, 6.45) is 0.829. The molecule has 0 atom stereocenters. The minimum Gasteiger partial charge on any atom is -0.462 e. The zero-order chi connectivity index (χ0) is 15.1. The van der Waals surface area contributed by atoms with E-state index in [1.54, 1.807) is 20.8 Å². The van der Waals surface area contributed by atoms with Crippen LogP contribution in [-0.2, 0) is 9.47 Å². The first-order valence-electron chi connectivity index (χ1n) is 6.43. The molecule has 0 spiro atoms. The van der Waals surface area contributed by atoms with Gasteiger partial charge in [0.15, 0.2) is 0 Å². The number of carbonyl (C=O) groups is 2. The zero-order valence-electron chi connectivity index (χ0n) is 11.9. The van der Waals surface area contributed by atoms with Gasteiger partial charge in [0, 0.05) is 12.1 Å². The third kappa shape index (κ3) is 3.60. The van der Waals surface area contributed by atoms with E-state index in [0.29, 0.717) is 29.7 Å². The number of ether oxygens (including phenoxy) is 2. The molecule has 0 bridgehead atoms. The molecule has 0 unspecified atom stereocenters. The van der Waals surface area contributed by atoms with Crippen LogP contribution in [0, 0.1) is 25.2 Å². The van der Waals surface area contributed by atoms with Gasteiger partial charge in [0.2, 0.25) is 0 Å². The van der Waals surface area contributed by atoms with Gasteiger partial charge >= 0.3 is 11.9 Å². The Bertz CT molecular complexity index is 540. The first-order chi connectivity index (χ1) is 9.52. The van der Waals surface area contributed by atoms with Gasteiger partial charge in [-0.2, -0.15) is 5.26 Å². The molecule has 1 heterocycles. The number of carbonyl (C=O) groups excluding carboxylic acids is 2. The summed E-state index contributed by atoms with van der Waals surface area (Å²) in [6, 6.07) is 1.97. The van der Waals surface area contributed by atoms with Crippen LogP contribution in [0.5, 0.6) is 0 Å². The van der Waals surface area contributed by atoms with Crippen molar-refractivity contribution in [1.29, 1.82) is 5.26 Å². The number of nitrogens with zero attached hydrogens (tertiary/aromatic N) is 1. The van der Waals surface area contributed by atoms with E-state index in [4.69, 9.17) is 14.7 Å². The number of H-pyrrole nitrogens is 1. The molecule has 1 aromatic heterocycles. The SMILES string of the molecule is CCOC(=O)c1c(C)[nH]c(C(=O)OCCCC#N)c1C. The van der Waals surface area contributed by atoms with Crippen LogP contribution < -0.4 is 0 Å². The van der Waals surface area contributed by atoms with E-state index in [1.165, 1.54) is 0 Å². The molecule has 0 amide bonds. The van der Waals surface area contributed by atoms with E-state index in [0.717, 1.165) is 0 Å². The minimum atomic E-state index is -0.529. The molecular weight excluding hydrogens is 260 g/mol. The zero-order valence-corrected chi connectivity index (χ0v) is 11.9. The van der Waals surface area contributed by atoms with Crippen LogP contribution in [0.1, 0.15) is 51.9 Å². The Kier molecular flexibility index (Phi) is 5.78. The molecule has 1 rings (SSSR count). The molecule has 1 N–H and O–H groups in total. The van der Waals surface area contributed by atoms with E-state index in [-0.39, 0.29) is 18.9 Å². The fraction of sp³-hybridized carbons (Fsp3) is 0.500. The molecule has 0 aliphatic heterocycles. The Morgan fingerprint density at radius 3 is 2.55 bits per heavy atom. The van der Waals surface area contributed by atoms with Crippen molar-refractivity contribution >= 4 is 11.9 Å². The summed E-state index contributed by atoms with van der Waals surface area (Å²) in [7, 11) is 0. The van der Waals surface area contributed by atoms with Crippen molar-refractivity contribution in [2.24, 2.45) is 0 Å². The summed E-state index contributed by atoms with van der Waals surface area (Å²) in [5, 5.41) is 8.40. The predicted molar refractivity (Wildman–Crippen MR) is 71.4 cm³/mol. The molecule has 0 saturated carbocycles. The Labute approximate surface area is 117 Å². The van der Waals surface area contributed by atoms with Crippen LogP contribution in [0.25, 0.3) is 0 Å². The van der Waals surface area contributed by atoms with Crippen LogP contribution in [0.4, 0.5) is 0 Å². The number of hydrogen-bond donors (Lipinski definition) is 1. The minimum absolute atomic E-state index is 0.179. The lowest BCUT2D eigenvalue weighted by Crippen LogP contribution is -2.10. The van der Waals surface area contributed by atoms with Crippen molar-refractivity contribution in [3.8, 4) is 6.07 Å². The summed E-state index contributed by atoms with van der Waals surface area (Å²) in [5.74, 6) is -0.985. The highest BCUT2D eigenvalue weighted by Gasteiger charge is 2.23. The van der Waals surface area contributed by atoms with Gasteiger partial charge in [-0.3, -0.25) is 0 Å². The fourth-order valence-corrected chi connectivity index (χ4v) is 1.85. The smallest absolute Gasteiger partial charge is 0.355 e. The standard InChI is InChI=1S/C14H18N2O4/c1-4-19-13(17)11-9(2)12(16-10(11)3)14(18)20-8-6-5-7-15/h16H,4-6,8H2,1-3H3. The Balaban J connectivity index is 2.82. The number of aryl methyl sites for hydroxylation is 1. The highest BCUT2D eigenvalue weighted by atomic mass is 16.5. The van der Waals surface area contributed by atoms with E-state index in [1.807, 2.05) is 6.07 Å². The van der Waals surface area contributed by atoms with Crippen molar-refractivity contribution in [2.45, 2.75) is 33.6 Å². The Morgan fingerprint density at radius 2 is 1.95 bits per heavy atom. The second-order valence-corrected chi connectivity index (χ2v) is 4.24. The number of hydrogen-bond acceptors (Lipinski definition) is 5. The van der Waals surface area contributed by atoms with Crippen molar-refractivity contribution in [3.63, 3.8) is 0 Å². The lowest BCUT2D eigenvalue weighted by molar-refractivity contribution is 0.0494. The lowest BCUT2D eigenvalue weighted by atomic mass is 10.1. The normalized spacial score (nSPS) is 9.90. The molecule has 0 aliphatic rings. The quantitative estimate of drug-likeness (QED) is 0.636. The van der Waals surface area contributed by atoms with Crippen LogP contribution in [-0.4, -0.2) is 30.1 Å². The monoisotopic (exact) mass is 278 g/mol. The molecular formula is C14H18N2O4. The van der Waals surface area contributed by atoms with E-state index in [2.05, 4.69) is 4.98 Å². The molecule has 20 heavy (non-hydrogen) atoms. The highest BCUT2D eigenvalue weighted by molar-refractivity contribution is 5.98. The summed E-state index contributed by atoms with van der Waals surface area (Å²) < 4.78 is 9.99. The summed E-state index contributed by atoms with van der Waals surface area (Å²) >= 11 is 0. The van der Waals surface area contributed by atoms with Gasteiger partial charge in [0.05, 0.1) is 24.8 Å². The molecule has 0 fully saturated rings. The fourth-order valence-electron chi connectivity index (χ4n) is 1.85. The Hall–Kier alpha value is -2.29. The van der Waals surface area contributed by atoms with E-state index < -0.39 is 11.9 Å². The van der Waals surface area contributed by atoms with Gasteiger partial charge in [-0.05, 0) is 32.8 Å². The third-order valence-electron chi connectivity index (χ3n) is 2.79. The molecule has 0 aliphatic carbocycles. The summed E-state index contributed by atoms with van der Waals surface area (Å²) in [4.78, 5) is 26.5. The lowest BCUT2D eigenvalue weighted by Gasteiger charge is -2.03. The van der Waals surface area contributed by atoms with Crippen LogP contribution in [0.3, 0.4) is 0 Å². The van der Waals surface area contributed by atoms with Crippen molar-refractivity contribution in [1.82, 2.24) is 4.98 Å². The van der Waals surface area contributed by atoms with Crippen LogP contribution in [0.2, 0.25) is 0 Å². The van der Waals surface area contributed by atoms with Crippen LogP contribution in [0.15, 0.2) is 0 Å². The number of aromatic amines is 1. The Morgan fingerprint density at radius 1 is 1.25 bits per heavy atom. The van der Waals surface area contributed by atoms with Gasteiger partial charge in [0.1, 0.15) is 5.69 Å². The summed E-state index contributed by atoms with van der Waals surface area (Å²) in [5.41, 5.74) is 1.72. The number of aromatic nitrogens is 1. The summed E-state index contributed by atoms with van der Waals surface area (Å²) in [6.45, 7) is 5.54. The van der Waals surface area contributed by atoms with Gasteiger partial charge in [0.25, 0.3) is 0 Å². The molecule has 0 saturated heterocycles. The van der Waals surface area contributed by atoms with E-state index in [9.17, 15) is 9.59 Å². The van der Waals surface area contributed by atoms with Crippen molar-refractivity contribution < 1.29 is 19.1 Å². The maximum Gasteiger partial charge on any atom is 0.355 e. The largest absolute Gasteiger partial charge is 0.462 e.